The van der Waals surface area contributed by atoms with E-state index in [1.165, 1.54) is 19.2 Å². The predicted octanol–water partition coefficient (Wildman–Crippen LogP) is 3.41. The summed E-state index contributed by atoms with van der Waals surface area (Å²) in [6.07, 6.45) is 0. The van der Waals surface area contributed by atoms with Crippen LogP contribution >= 0.6 is 11.6 Å². The van der Waals surface area contributed by atoms with Crippen molar-refractivity contribution in [2.24, 2.45) is 0 Å². The fraction of sp³-hybridized carbons (Fsp3) is 0.133. The third kappa shape index (κ3) is 3.42. The Morgan fingerprint density at radius 2 is 2.05 bits per heavy atom. The molecule has 0 aliphatic heterocycles. The first-order chi connectivity index (χ1) is 9.60. The number of hydrogen-bond donors (Lipinski definition) is 1. The van der Waals surface area contributed by atoms with Crippen LogP contribution in [0.2, 0.25) is 5.02 Å². The Morgan fingerprint density at radius 3 is 2.75 bits per heavy atom. The van der Waals surface area contributed by atoms with Gasteiger partial charge >= 0.3 is 5.97 Å². The molecule has 4 nitrogen and oxygen atoms in total. The number of carbonyl (C=O) groups is 1. The van der Waals surface area contributed by atoms with Crippen LogP contribution in [0.25, 0.3) is 0 Å². The van der Waals surface area contributed by atoms with Crippen LogP contribution in [0.1, 0.15) is 15.9 Å². The highest BCUT2D eigenvalue weighted by Crippen LogP contribution is 2.24. The lowest BCUT2D eigenvalue weighted by atomic mass is 10.2. The Bertz CT molecular complexity index is 625. The SMILES string of the molecule is COc1ccc(O)c(C(=O)OCc2cccc(Cl)c2)c1. The first-order valence-corrected chi connectivity index (χ1v) is 6.26. The van der Waals surface area contributed by atoms with Crippen LogP contribution < -0.4 is 4.74 Å². The van der Waals surface area contributed by atoms with Gasteiger partial charge in [-0.1, -0.05) is 23.7 Å². The maximum absolute atomic E-state index is 11.9. The summed E-state index contributed by atoms with van der Waals surface area (Å²) in [5.41, 5.74) is 0.833. The summed E-state index contributed by atoms with van der Waals surface area (Å²) < 4.78 is 10.1. The Kier molecular flexibility index (Phi) is 4.48. The largest absolute Gasteiger partial charge is 0.507 e. The van der Waals surface area contributed by atoms with Crippen molar-refractivity contribution in [1.29, 1.82) is 0 Å². The van der Waals surface area contributed by atoms with Crippen molar-refractivity contribution in [1.82, 2.24) is 0 Å². The zero-order valence-electron chi connectivity index (χ0n) is 10.8. The molecule has 0 amide bonds. The van der Waals surface area contributed by atoms with Crippen LogP contribution in [0, 0.1) is 0 Å². The molecule has 0 bridgehead atoms. The molecule has 2 aromatic carbocycles. The Hall–Kier alpha value is -2.20. The van der Waals surface area contributed by atoms with Gasteiger partial charge in [-0.3, -0.25) is 0 Å². The van der Waals surface area contributed by atoms with Gasteiger partial charge in [0.2, 0.25) is 0 Å². The van der Waals surface area contributed by atoms with Crippen molar-refractivity contribution in [3.63, 3.8) is 0 Å². The highest BCUT2D eigenvalue weighted by molar-refractivity contribution is 6.30. The topological polar surface area (TPSA) is 55.8 Å². The summed E-state index contributed by atoms with van der Waals surface area (Å²) in [6, 6.07) is 11.4. The zero-order chi connectivity index (χ0) is 14.5. The molecule has 0 unspecified atom stereocenters. The number of hydrogen-bond acceptors (Lipinski definition) is 4. The fourth-order valence-corrected chi connectivity index (χ4v) is 1.87. The summed E-state index contributed by atoms with van der Waals surface area (Å²) in [5, 5.41) is 10.2. The molecule has 0 atom stereocenters. The fourth-order valence-electron chi connectivity index (χ4n) is 1.66. The molecule has 0 saturated heterocycles. The monoisotopic (exact) mass is 292 g/mol. The molecular formula is C15H13ClO4. The lowest BCUT2D eigenvalue weighted by molar-refractivity contribution is 0.0469. The van der Waals surface area contributed by atoms with Crippen molar-refractivity contribution in [2.45, 2.75) is 6.61 Å². The maximum atomic E-state index is 11.9. The van der Waals surface area contributed by atoms with Gasteiger partial charge in [-0.15, -0.1) is 0 Å². The Morgan fingerprint density at radius 1 is 1.25 bits per heavy atom. The summed E-state index contributed by atoms with van der Waals surface area (Å²) in [6.45, 7) is 0.0794. The van der Waals surface area contributed by atoms with Crippen molar-refractivity contribution < 1.29 is 19.4 Å². The van der Waals surface area contributed by atoms with E-state index < -0.39 is 5.97 Å². The van der Waals surface area contributed by atoms with E-state index in [9.17, 15) is 9.90 Å². The molecule has 2 rings (SSSR count). The number of phenols is 1. The average Bonchev–Trinajstić information content (AvgIpc) is 2.45. The number of aromatic hydroxyl groups is 1. The molecule has 0 radical (unpaired) electrons. The van der Waals surface area contributed by atoms with E-state index in [0.29, 0.717) is 10.8 Å². The second-order valence-corrected chi connectivity index (χ2v) is 4.53. The number of phenolic OH excluding ortho intramolecular Hbond substituents is 1. The minimum absolute atomic E-state index is 0.0615. The van der Waals surface area contributed by atoms with Crippen LogP contribution in [-0.4, -0.2) is 18.2 Å². The third-order valence-corrected chi connectivity index (χ3v) is 2.92. The Labute approximate surface area is 121 Å². The molecule has 0 spiro atoms. The van der Waals surface area contributed by atoms with Crippen LogP contribution in [0.3, 0.4) is 0 Å². The standard InChI is InChI=1S/C15H13ClO4/c1-19-12-5-6-14(17)13(8-12)15(18)20-9-10-3-2-4-11(16)7-10/h2-8,17H,9H2,1H3. The van der Waals surface area contributed by atoms with E-state index in [4.69, 9.17) is 21.1 Å². The molecule has 104 valence electrons. The molecule has 0 saturated carbocycles. The molecule has 0 heterocycles. The molecule has 2 aromatic rings. The Balaban J connectivity index is 2.08. The van der Waals surface area contributed by atoms with E-state index in [1.807, 2.05) is 0 Å². The lowest BCUT2D eigenvalue weighted by Crippen LogP contribution is -2.06. The summed E-state index contributed by atoms with van der Waals surface area (Å²) in [5.74, 6) is -0.305. The second kappa shape index (κ2) is 6.30. The van der Waals surface area contributed by atoms with Crippen LogP contribution in [0.4, 0.5) is 0 Å². The van der Waals surface area contributed by atoms with E-state index in [2.05, 4.69) is 0 Å². The summed E-state index contributed by atoms with van der Waals surface area (Å²) >= 11 is 5.84. The van der Waals surface area contributed by atoms with Crippen molar-refractivity contribution in [3.8, 4) is 11.5 Å². The second-order valence-electron chi connectivity index (χ2n) is 4.09. The van der Waals surface area contributed by atoms with Gasteiger partial charge in [-0.25, -0.2) is 4.79 Å². The van der Waals surface area contributed by atoms with Gasteiger partial charge in [0.05, 0.1) is 7.11 Å². The van der Waals surface area contributed by atoms with Crippen LogP contribution in [0.15, 0.2) is 42.5 Å². The average molecular weight is 293 g/mol. The number of rotatable bonds is 4. The maximum Gasteiger partial charge on any atom is 0.342 e. The van der Waals surface area contributed by atoms with Crippen molar-refractivity contribution >= 4 is 17.6 Å². The van der Waals surface area contributed by atoms with E-state index in [1.54, 1.807) is 30.3 Å². The smallest absolute Gasteiger partial charge is 0.342 e. The van der Waals surface area contributed by atoms with Gasteiger partial charge in [0, 0.05) is 5.02 Å². The molecule has 0 fully saturated rings. The number of carbonyl (C=O) groups excluding carboxylic acids is 1. The van der Waals surface area contributed by atoms with E-state index in [-0.39, 0.29) is 17.9 Å². The van der Waals surface area contributed by atoms with Gasteiger partial charge in [0.15, 0.2) is 0 Å². The van der Waals surface area contributed by atoms with Gasteiger partial charge in [0.1, 0.15) is 23.7 Å². The predicted molar refractivity (Wildman–Crippen MR) is 75.2 cm³/mol. The zero-order valence-corrected chi connectivity index (χ0v) is 11.6. The molecule has 5 heteroatoms. The van der Waals surface area contributed by atoms with Crippen LogP contribution in [0.5, 0.6) is 11.5 Å². The highest BCUT2D eigenvalue weighted by atomic mass is 35.5. The minimum Gasteiger partial charge on any atom is -0.507 e. The van der Waals surface area contributed by atoms with Crippen molar-refractivity contribution in [2.75, 3.05) is 7.11 Å². The number of methoxy groups -OCH3 is 1. The van der Waals surface area contributed by atoms with E-state index >= 15 is 0 Å². The number of benzene rings is 2. The first-order valence-electron chi connectivity index (χ1n) is 5.88. The number of esters is 1. The lowest BCUT2D eigenvalue weighted by Gasteiger charge is -2.08. The summed E-state index contributed by atoms with van der Waals surface area (Å²) in [7, 11) is 1.48. The number of halogens is 1. The van der Waals surface area contributed by atoms with Gasteiger partial charge < -0.3 is 14.6 Å². The number of ether oxygens (including phenoxy) is 2. The molecule has 20 heavy (non-hydrogen) atoms. The third-order valence-electron chi connectivity index (χ3n) is 2.68. The first kappa shape index (κ1) is 14.2. The summed E-state index contributed by atoms with van der Waals surface area (Å²) in [4.78, 5) is 11.9. The minimum atomic E-state index is -0.624. The quantitative estimate of drug-likeness (QED) is 0.877. The molecule has 0 aliphatic carbocycles. The molecule has 0 aromatic heterocycles. The van der Waals surface area contributed by atoms with Gasteiger partial charge in [0.25, 0.3) is 0 Å². The van der Waals surface area contributed by atoms with E-state index in [0.717, 1.165) is 5.56 Å². The molecule has 1 N–H and O–H groups in total. The molecule has 0 aliphatic rings. The normalized spacial score (nSPS) is 10.1. The highest BCUT2D eigenvalue weighted by Gasteiger charge is 2.14. The molecular weight excluding hydrogens is 280 g/mol. The van der Waals surface area contributed by atoms with Gasteiger partial charge in [-0.2, -0.15) is 0 Å². The van der Waals surface area contributed by atoms with Crippen molar-refractivity contribution in [3.05, 3.63) is 58.6 Å². The van der Waals surface area contributed by atoms with Crippen LogP contribution in [-0.2, 0) is 11.3 Å². The van der Waals surface area contributed by atoms with Gasteiger partial charge in [-0.05, 0) is 35.9 Å².